The zero-order valence-electron chi connectivity index (χ0n) is 9.80. The van der Waals surface area contributed by atoms with Gasteiger partial charge in [0.1, 0.15) is 0 Å². The molecule has 0 saturated heterocycles. The summed E-state index contributed by atoms with van der Waals surface area (Å²) in [5.74, 6) is 0.129. The highest BCUT2D eigenvalue weighted by Gasteiger charge is 2.17. The lowest BCUT2D eigenvalue weighted by Gasteiger charge is -2.20. The topological polar surface area (TPSA) is 40.5 Å². The van der Waals surface area contributed by atoms with E-state index in [0.717, 1.165) is 12.1 Å². The third-order valence-electron chi connectivity index (χ3n) is 3.02. The standard InChI is InChI=1S/C14H17NO2/c16-11-9-12-6-7-14(17)15(10-8-12)13-4-2-1-3-5-13/h1-6,16H,7-11H2. The minimum Gasteiger partial charge on any atom is -0.396 e. The van der Waals surface area contributed by atoms with Gasteiger partial charge in [-0.05, 0) is 25.0 Å². The second-order valence-electron chi connectivity index (χ2n) is 4.17. The van der Waals surface area contributed by atoms with Crippen molar-refractivity contribution in [2.75, 3.05) is 18.1 Å². The lowest BCUT2D eigenvalue weighted by atomic mass is 10.1. The van der Waals surface area contributed by atoms with Gasteiger partial charge in [0.2, 0.25) is 5.91 Å². The van der Waals surface area contributed by atoms with Crippen molar-refractivity contribution >= 4 is 11.6 Å². The fourth-order valence-corrected chi connectivity index (χ4v) is 2.08. The number of hydrogen-bond acceptors (Lipinski definition) is 2. The van der Waals surface area contributed by atoms with Crippen LogP contribution in [-0.2, 0) is 4.79 Å². The van der Waals surface area contributed by atoms with E-state index in [2.05, 4.69) is 0 Å². The number of para-hydroxylation sites is 1. The van der Waals surface area contributed by atoms with Crippen LogP contribution < -0.4 is 4.90 Å². The highest BCUT2D eigenvalue weighted by atomic mass is 16.3. The molecule has 1 aromatic carbocycles. The zero-order chi connectivity index (χ0) is 12.1. The number of benzene rings is 1. The maximum atomic E-state index is 12.0. The van der Waals surface area contributed by atoms with Crippen molar-refractivity contribution in [3.05, 3.63) is 42.0 Å². The summed E-state index contributed by atoms with van der Waals surface area (Å²) in [6.45, 7) is 0.861. The van der Waals surface area contributed by atoms with Crippen LogP contribution in [0.1, 0.15) is 19.3 Å². The third-order valence-corrected chi connectivity index (χ3v) is 3.02. The molecule has 0 radical (unpaired) electrons. The molecule has 3 heteroatoms. The van der Waals surface area contributed by atoms with E-state index in [1.165, 1.54) is 5.57 Å². The number of nitrogens with zero attached hydrogens (tertiary/aromatic N) is 1. The molecular formula is C14H17NO2. The number of amides is 1. The maximum absolute atomic E-state index is 12.0. The first-order chi connectivity index (χ1) is 8.31. The van der Waals surface area contributed by atoms with E-state index in [1.807, 2.05) is 41.3 Å². The molecule has 1 aliphatic rings. The van der Waals surface area contributed by atoms with Crippen LogP contribution in [0.15, 0.2) is 42.0 Å². The van der Waals surface area contributed by atoms with E-state index < -0.39 is 0 Å². The van der Waals surface area contributed by atoms with Gasteiger partial charge in [0.05, 0.1) is 0 Å². The van der Waals surface area contributed by atoms with Crippen molar-refractivity contribution in [3.8, 4) is 0 Å². The summed E-state index contributed by atoms with van der Waals surface area (Å²) in [7, 11) is 0. The van der Waals surface area contributed by atoms with E-state index in [4.69, 9.17) is 5.11 Å². The molecule has 0 spiro atoms. The lowest BCUT2D eigenvalue weighted by Crippen LogP contribution is -2.30. The summed E-state index contributed by atoms with van der Waals surface area (Å²) in [5, 5.41) is 8.92. The number of aliphatic hydroxyl groups is 1. The first-order valence-electron chi connectivity index (χ1n) is 5.95. The molecule has 2 rings (SSSR count). The Labute approximate surface area is 101 Å². The van der Waals surface area contributed by atoms with Gasteiger partial charge >= 0.3 is 0 Å². The van der Waals surface area contributed by atoms with Crippen LogP contribution >= 0.6 is 0 Å². The Morgan fingerprint density at radius 3 is 2.71 bits per heavy atom. The van der Waals surface area contributed by atoms with Gasteiger partial charge in [-0.1, -0.05) is 29.8 Å². The normalized spacial score (nSPS) is 16.6. The Hall–Kier alpha value is -1.61. The van der Waals surface area contributed by atoms with Crippen LogP contribution in [0.3, 0.4) is 0 Å². The SMILES string of the molecule is O=C1CC=C(CCO)CCN1c1ccccc1. The molecular weight excluding hydrogens is 214 g/mol. The van der Waals surface area contributed by atoms with Gasteiger partial charge in [0.25, 0.3) is 0 Å². The maximum Gasteiger partial charge on any atom is 0.230 e. The zero-order valence-corrected chi connectivity index (χ0v) is 9.80. The molecule has 0 aliphatic carbocycles. The van der Waals surface area contributed by atoms with Crippen LogP contribution in [-0.4, -0.2) is 24.2 Å². The molecule has 90 valence electrons. The minimum atomic E-state index is 0.129. The van der Waals surface area contributed by atoms with Crippen molar-refractivity contribution in [2.24, 2.45) is 0 Å². The van der Waals surface area contributed by atoms with Crippen molar-refractivity contribution in [2.45, 2.75) is 19.3 Å². The Bertz CT molecular complexity index is 411. The number of anilines is 1. The largest absolute Gasteiger partial charge is 0.396 e. The van der Waals surface area contributed by atoms with Gasteiger partial charge in [-0.3, -0.25) is 4.79 Å². The highest BCUT2D eigenvalue weighted by Crippen LogP contribution is 2.21. The molecule has 0 unspecified atom stereocenters. The number of aliphatic hydroxyl groups excluding tert-OH is 1. The Balaban J connectivity index is 2.10. The van der Waals surface area contributed by atoms with Gasteiger partial charge in [-0.15, -0.1) is 0 Å². The molecule has 0 aromatic heterocycles. The molecule has 0 atom stereocenters. The number of carbonyl (C=O) groups excluding carboxylic acids is 1. The average Bonchev–Trinajstić information content (AvgIpc) is 2.54. The first-order valence-corrected chi connectivity index (χ1v) is 5.95. The fraction of sp³-hybridized carbons (Fsp3) is 0.357. The predicted molar refractivity (Wildman–Crippen MR) is 67.8 cm³/mol. The molecule has 3 nitrogen and oxygen atoms in total. The van der Waals surface area contributed by atoms with E-state index in [0.29, 0.717) is 19.4 Å². The predicted octanol–water partition coefficient (Wildman–Crippen LogP) is 2.12. The van der Waals surface area contributed by atoms with Crippen molar-refractivity contribution in [3.63, 3.8) is 0 Å². The second-order valence-corrected chi connectivity index (χ2v) is 4.17. The fourth-order valence-electron chi connectivity index (χ4n) is 2.08. The molecule has 0 saturated carbocycles. The molecule has 0 fully saturated rings. The van der Waals surface area contributed by atoms with Gasteiger partial charge in [0, 0.05) is 25.3 Å². The van der Waals surface area contributed by atoms with E-state index in [9.17, 15) is 4.79 Å². The van der Waals surface area contributed by atoms with Crippen molar-refractivity contribution < 1.29 is 9.90 Å². The van der Waals surface area contributed by atoms with Crippen LogP contribution in [0.4, 0.5) is 5.69 Å². The van der Waals surface area contributed by atoms with Crippen LogP contribution in [0.25, 0.3) is 0 Å². The van der Waals surface area contributed by atoms with E-state index in [-0.39, 0.29) is 12.5 Å². The van der Waals surface area contributed by atoms with Crippen LogP contribution in [0.5, 0.6) is 0 Å². The summed E-state index contributed by atoms with van der Waals surface area (Å²) in [6, 6.07) is 9.73. The van der Waals surface area contributed by atoms with Crippen LogP contribution in [0.2, 0.25) is 0 Å². The Kier molecular flexibility index (Phi) is 3.94. The van der Waals surface area contributed by atoms with Crippen molar-refractivity contribution in [1.82, 2.24) is 0 Å². The molecule has 1 N–H and O–H groups in total. The second kappa shape index (κ2) is 5.64. The summed E-state index contributed by atoms with van der Waals surface area (Å²) >= 11 is 0. The Morgan fingerprint density at radius 1 is 1.24 bits per heavy atom. The molecule has 17 heavy (non-hydrogen) atoms. The number of hydrogen-bond donors (Lipinski definition) is 1. The molecule has 1 amide bonds. The van der Waals surface area contributed by atoms with E-state index >= 15 is 0 Å². The van der Waals surface area contributed by atoms with Crippen LogP contribution in [0, 0.1) is 0 Å². The molecule has 1 heterocycles. The molecule has 1 aromatic rings. The summed E-state index contributed by atoms with van der Waals surface area (Å²) in [6.07, 6.45) is 3.92. The molecule has 0 bridgehead atoms. The third kappa shape index (κ3) is 2.94. The monoisotopic (exact) mass is 231 g/mol. The summed E-state index contributed by atoms with van der Waals surface area (Å²) in [4.78, 5) is 13.8. The van der Waals surface area contributed by atoms with Gasteiger partial charge in [-0.2, -0.15) is 0 Å². The van der Waals surface area contributed by atoms with Gasteiger partial charge in [0.15, 0.2) is 0 Å². The van der Waals surface area contributed by atoms with Crippen molar-refractivity contribution in [1.29, 1.82) is 0 Å². The lowest BCUT2D eigenvalue weighted by molar-refractivity contribution is -0.117. The average molecular weight is 231 g/mol. The smallest absolute Gasteiger partial charge is 0.230 e. The minimum absolute atomic E-state index is 0.129. The van der Waals surface area contributed by atoms with Gasteiger partial charge in [-0.25, -0.2) is 0 Å². The van der Waals surface area contributed by atoms with E-state index in [1.54, 1.807) is 0 Å². The number of carbonyl (C=O) groups is 1. The number of rotatable bonds is 3. The summed E-state index contributed by atoms with van der Waals surface area (Å²) < 4.78 is 0. The van der Waals surface area contributed by atoms with Gasteiger partial charge < -0.3 is 10.0 Å². The first kappa shape index (κ1) is 11.9. The molecule has 1 aliphatic heterocycles. The highest BCUT2D eigenvalue weighted by molar-refractivity contribution is 5.94. The summed E-state index contributed by atoms with van der Waals surface area (Å²) in [5.41, 5.74) is 2.13. The Morgan fingerprint density at radius 2 is 2.00 bits per heavy atom. The quantitative estimate of drug-likeness (QED) is 0.809.